The van der Waals surface area contributed by atoms with Crippen molar-refractivity contribution in [1.29, 1.82) is 0 Å². The summed E-state index contributed by atoms with van der Waals surface area (Å²) < 4.78 is 5.50. The van der Waals surface area contributed by atoms with Gasteiger partial charge in [0.05, 0.1) is 13.0 Å². The molecule has 0 aromatic heterocycles. The standard InChI is InChI=1S/C21H25ClN2O3/c1-17(25)24(13-10-18-6-5-7-19(22)16-18)14-12-23-21(26)11-15-27-20-8-3-2-4-9-20/h2-9,16H,10-15H2,1H3,(H,23,26). The van der Waals surface area contributed by atoms with Crippen molar-refractivity contribution < 1.29 is 14.3 Å². The maximum atomic E-state index is 11.9. The van der Waals surface area contributed by atoms with Gasteiger partial charge < -0.3 is 15.0 Å². The van der Waals surface area contributed by atoms with Crippen molar-refractivity contribution in [3.8, 4) is 5.75 Å². The average molecular weight is 389 g/mol. The van der Waals surface area contributed by atoms with Gasteiger partial charge in [-0.2, -0.15) is 0 Å². The summed E-state index contributed by atoms with van der Waals surface area (Å²) in [7, 11) is 0. The lowest BCUT2D eigenvalue weighted by atomic mass is 10.1. The minimum atomic E-state index is -0.0933. The van der Waals surface area contributed by atoms with Crippen molar-refractivity contribution >= 4 is 23.4 Å². The van der Waals surface area contributed by atoms with E-state index in [2.05, 4.69) is 5.32 Å². The SMILES string of the molecule is CC(=O)N(CCNC(=O)CCOc1ccccc1)CCc1cccc(Cl)c1. The molecule has 0 spiro atoms. The Bertz CT molecular complexity index is 737. The van der Waals surface area contributed by atoms with Crippen LogP contribution in [-0.2, 0) is 16.0 Å². The molecule has 0 saturated heterocycles. The van der Waals surface area contributed by atoms with Crippen LogP contribution in [-0.4, -0.2) is 43.0 Å². The van der Waals surface area contributed by atoms with E-state index >= 15 is 0 Å². The summed E-state index contributed by atoms with van der Waals surface area (Å²) in [6.07, 6.45) is 0.997. The number of halogens is 1. The normalized spacial score (nSPS) is 10.3. The van der Waals surface area contributed by atoms with Gasteiger partial charge in [0.1, 0.15) is 5.75 Å². The molecule has 2 rings (SSSR count). The maximum absolute atomic E-state index is 11.9. The van der Waals surface area contributed by atoms with E-state index in [9.17, 15) is 9.59 Å². The molecule has 0 unspecified atom stereocenters. The number of ether oxygens (including phenoxy) is 1. The molecule has 0 aliphatic rings. The second-order valence-electron chi connectivity index (χ2n) is 6.15. The number of hydrogen-bond donors (Lipinski definition) is 1. The van der Waals surface area contributed by atoms with Crippen molar-refractivity contribution in [3.05, 3.63) is 65.2 Å². The van der Waals surface area contributed by atoms with Crippen molar-refractivity contribution in [2.24, 2.45) is 0 Å². The van der Waals surface area contributed by atoms with Crippen LogP contribution in [0.4, 0.5) is 0 Å². The van der Waals surface area contributed by atoms with Crippen LogP contribution in [0.5, 0.6) is 5.75 Å². The predicted octanol–water partition coefficient (Wildman–Crippen LogP) is 3.32. The topological polar surface area (TPSA) is 58.6 Å². The lowest BCUT2D eigenvalue weighted by Crippen LogP contribution is -2.38. The van der Waals surface area contributed by atoms with E-state index in [0.717, 1.165) is 17.7 Å². The second-order valence-corrected chi connectivity index (χ2v) is 6.58. The molecule has 2 aromatic carbocycles. The molecule has 0 aliphatic carbocycles. The fourth-order valence-corrected chi connectivity index (χ4v) is 2.79. The van der Waals surface area contributed by atoms with Crippen molar-refractivity contribution in [2.75, 3.05) is 26.2 Å². The molecule has 2 amide bonds. The first-order chi connectivity index (χ1) is 13.0. The van der Waals surface area contributed by atoms with Gasteiger partial charge in [0.25, 0.3) is 0 Å². The number of rotatable bonds is 10. The molecule has 1 N–H and O–H groups in total. The number of carbonyl (C=O) groups is 2. The first-order valence-corrected chi connectivity index (χ1v) is 9.37. The van der Waals surface area contributed by atoms with E-state index in [1.165, 1.54) is 6.92 Å². The molecule has 2 aromatic rings. The molecule has 6 heteroatoms. The Morgan fingerprint density at radius 1 is 1.07 bits per heavy atom. The second kappa shape index (κ2) is 11.2. The predicted molar refractivity (Wildman–Crippen MR) is 107 cm³/mol. The minimum Gasteiger partial charge on any atom is -0.493 e. The monoisotopic (exact) mass is 388 g/mol. The molecule has 0 radical (unpaired) electrons. The summed E-state index contributed by atoms with van der Waals surface area (Å²) in [4.78, 5) is 25.4. The molecule has 0 aliphatic heterocycles. The third kappa shape index (κ3) is 8.13. The Morgan fingerprint density at radius 2 is 1.85 bits per heavy atom. The molecular weight excluding hydrogens is 364 g/mol. The summed E-state index contributed by atoms with van der Waals surface area (Å²) in [6, 6.07) is 17.0. The van der Waals surface area contributed by atoms with Crippen LogP contribution in [0.1, 0.15) is 18.9 Å². The van der Waals surface area contributed by atoms with Crippen molar-refractivity contribution in [2.45, 2.75) is 19.8 Å². The quantitative estimate of drug-likeness (QED) is 0.679. The van der Waals surface area contributed by atoms with Crippen molar-refractivity contribution in [3.63, 3.8) is 0 Å². The van der Waals surface area contributed by atoms with Gasteiger partial charge in [-0.25, -0.2) is 0 Å². The molecule has 144 valence electrons. The largest absolute Gasteiger partial charge is 0.493 e. The number of hydrogen-bond acceptors (Lipinski definition) is 3. The van der Waals surface area contributed by atoms with E-state index in [4.69, 9.17) is 16.3 Å². The van der Waals surface area contributed by atoms with Crippen LogP contribution in [0, 0.1) is 0 Å². The lowest BCUT2D eigenvalue weighted by Gasteiger charge is -2.21. The third-order valence-electron chi connectivity index (χ3n) is 4.05. The number of para-hydroxylation sites is 1. The van der Waals surface area contributed by atoms with Gasteiger partial charge in [0.2, 0.25) is 11.8 Å². The van der Waals surface area contributed by atoms with Gasteiger partial charge in [-0.1, -0.05) is 41.9 Å². The van der Waals surface area contributed by atoms with Gasteiger partial charge in [-0.3, -0.25) is 9.59 Å². The zero-order valence-corrected chi connectivity index (χ0v) is 16.2. The molecule has 0 heterocycles. The van der Waals surface area contributed by atoms with Crippen molar-refractivity contribution in [1.82, 2.24) is 10.2 Å². The zero-order valence-electron chi connectivity index (χ0n) is 15.5. The Kier molecular flexibility index (Phi) is 8.65. The van der Waals surface area contributed by atoms with Gasteiger partial charge in [0, 0.05) is 31.6 Å². The van der Waals surface area contributed by atoms with E-state index < -0.39 is 0 Å². The highest BCUT2D eigenvalue weighted by Crippen LogP contribution is 2.11. The van der Waals surface area contributed by atoms with Crippen LogP contribution >= 0.6 is 11.6 Å². The summed E-state index contributed by atoms with van der Waals surface area (Å²) in [5, 5.41) is 3.51. The maximum Gasteiger partial charge on any atom is 0.223 e. The highest BCUT2D eigenvalue weighted by molar-refractivity contribution is 6.30. The number of nitrogens with zero attached hydrogens (tertiary/aromatic N) is 1. The summed E-state index contributed by atoms with van der Waals surface area (Å²) >= 11 is 5.98. The molecule has 0 fully saturated rings. The van der Waals surface area contributed by atoms with E-state index in [0.29, 0.717) is 31.3 Å². The van der Waals surface area contributed by atoms with E-state index in [-0.39, 0.29) is 18.2 Å². The molecule has 27 heavy (non-hydrogen) atoms. The molecule has 0 saturated carbocycles. The van der Waals surface area contributed by atoms with E-state index in [1.807, 2.05) is 54.6 Å². The van der Waals surface area contributed by atoms with Gasteiger partial charge in [-0.05, 0) is 36.2 Å². The minimum absolute atomic E-state index is 0.0151. The smallest absolute Gasteiger partial charge is 0.223 e. The lowest BCUT2D eigenvalue weighted by molar-refractivity contribution is -0.129. The summed E-state index contributed by atoms with van der Waals surface area (Å²) in [5.74, 6) is 0.636. The first kappa shape index (κ1) is 20.8. The fourth-order valence-electron chi connectivity index (χ4n) is 2.58. The molecule has 0 bridgehead atoms. The number of benzene rings is 2. The fraction of sp³-hybridized carbons (Fsp3) is 0.333. The molecule has 0 atom stereocenters. The summed E-state index contributed by atoms with van der Waals surface area (Å²) in [5.41, 5.74) is 1.08. The number of nitrogens with one attached hydrogen (secondary N) is 1. The van der Waals surface area contributed by atoms with Gasteiger partial charge in [-0.15, -0.1) is 0 Å². The molecular formula is C21H25ClN2O3. The van der Waals surface area contributed by atoms with E-state index in [1.54, 1.807) is 4.90 Å². The Morgan fingerprint density at radius 3 is 2.56 bits per heavy atom. The van der Waals surface area contributed by atoms with Crippen LogP contribution in [0.25, 0.3) is 0 Å². The Balaban J connectivity index is 1.66. The Labute approximate surface area is 165 Å². The van der Waals surface area contributed by atoms with Crippen LogP contribution in [0.3, 0.4) is 0 Å². The average Bonchev–Trinajstić information content (AvgIpc) is 2.65. The highest BCUT2D eigenvalue weighted by atomic mass is 35.5. The van der Waals surface area contributed by atoms with Crippen LogP contribution < -0.4 is 10.1 Å². The highest BCUT2D eigenvalue weighted by Gasteiger charge is 2.10. The number of carbonyl (C=O) groups excluding carboxylic acids is 2. The van der Waals surface area contributed by atoms with Crippen LogP contribution in [0.2, 0.25) is 5.02 Å². The van der Waals surface area contributed by atoms with Gasteiger partial charge >= 0.3 is 0 Å². The first-order valence-electron chi connectivity index (χ1n) is 8.99. The number of amides is 2. The Hall–Kier alpha value is -2.53. The van der Waals surface area contributed by atoms with Crippen LogP contribution in [0.15, 0.2) is 54.6 Å². The molecule has 5 nitrogen and oxygen atoms in total. The summed E-state index contributed by atoms with van der Waals surface area (Å²) in [6.45, 7) is 3.33. The zero-order chi connectivity index (χ0) is 19.5. The third-order valence-corrected chi connectivity index (χ3v) is 4.28. The van der Waals surface area contributed by atoms with Gasteiger partial charge in [0.15, 0.2) is 0 Å².